The third kappa shape index (κ3) is 5.59. The van der Waals surface area contributed by atoms with Crippen LogP contribution in [0.25, 0.3) is 6.08 Å². The van der Waals surface area contributed by atoms with Crippen LogP contribution in [0.5, 0.6) is 11.5 Å². The number of ether oxygens (including phenoxy) is 2. The van der Waals surface area contributed by atoms with Crippen LogP contribution in [0.3, 0.4) is 0 Å². The lowest BCUT2D eigenvalue weighted by molar-refractivity contribution is -0.116. The van der Waals surface area contributed by atoms with Gasteiger partial charge in [0.25, 0.3) is 5.91 Å². The van der Waals surface area contributed by atoms with Crippen molar-refractivity contribution in [3.63, 3.8) is 0 Å². The van der Waals surface area contributed by atoms with Crippen molar-refractivity contribution in [2.75, 3.05) is 12.4 Å². The van der Waals surface area contributed by atoms with Gasteiger partial charge >= 0.3 is 0 Å². The van der Waals surface area contributed by atoms with Gasteiger partial charge in [-0.1, -0.05) is 59.8 Å². The first kappa shape index (κ1) is 22.6. The van der Waals surface area contributed by atoms with E-state index in [2.05, 4.69) is 26.6 Å². The average Bonchev–Trinajstić information content (AvgIpc) is 3.12. The molecule has 1 aliphatic heterocycles. The Kier molecular flexibility index (Phi) is 7.29. The first-order valence-electron chi connectivity index (χ1n) is 9.77. The van der Waals surface area contributed by atoms with Crippen molar-refractivity contribution in [3.8, 4) is 11.5 Å². The van der Waals surface area contributed by atoms with Gasteiger partial charge in [-0.05, 0) is 63.5 Å². The number of thioether (sulfide) groups is 1. The average molecular weight is 532 g/mol. The summed E-state index contributed by atoms with van der Waals surface area (Å²) in [6, 6.07) is 21.0. The van der Waals surface area contributed by atoms with E-state index in [4.69, 9.17) is 21.1 Å². The van der Waals surface area contributed by atoms with Crippen LogP contribution in [-0.4, -0.2) is 18.5 Å². The third-order valence-corrected chi connectivity index (χ3v) is 6.55. The molecule has 3 aromatic rings. The van der Waals surface area contributed by atoms with Gasteiger partial charge in [0.1, 0.15) is 18.1 Å². The van der Waals surface area contributed by atoms with E-state index >= 15 is 0 Å². The fraction of sp³-hybridized carbons (Fsp3) is 0.125. The molecule has 1 amide bonds. The molecule has 1 atom stereocenters. The Hall–Kier alpha value is -2.61. The summed E-state index contributed by atoms with van der Waals surface area (Å²) in [7, 11) is 1.59. The van der Waals surface area contributed by atoms with Crippen LogP contribution in [0.1, 0.15) is 11.1 Å². The van der Waals surface area contributed by atoms with E-state index in [1.165, 1.54) is 11.8 Å². The molecule has 0 spiro atoms. The van der Waals surface area contributed by atoms with Crippen LogP contribution >= 0.6 is 39.3 Å². The van der Waals surface area contributed by atoms with Gasteiger partial charge in [-0.15, -0.1) is 0 Å². The SMILES string of the molecule is COc1ccc(Cl)cc1NC1NC(=O)/C(=C/c2ccc(OCc3ccccc3)c(Br)c2)S1. The molecular formula is C24H20BrClN2O3S. The molecule has 0 aliphatic carbocycles. The van der Waals surface area contributed by atoms with Crippen LogP contribution in [0, 0.1) is 0 Å². The molecule has 1 saturated heterocycles. The minimum absolute atomic E-state index is 0.144. The first-order chi connectivity index (χ1) is 15.5. The molecule has 0 bridgehead atoms. The maximum absolute atomic E-state index is 12.5. The van der Waals surface area contributed by atoms with Crippen LogP contribution in [0.4, 0.5) is 5.69 Å². The number of anilines is 1. The summed E-state index contributed by atoms with van der Waals surface area (Å²) in [5, 5.41) is 6.75. The van der Waals surface area contributed by atoms with Crippen molar-refractivity contribution >= 4 is 57.0 Å². The van der Waals surface area contributed by atoms with Gasteiger partial charge in [0.05, 0.1) is 22.2 Å². The second-order valence-corrected chi connectivity index (χ2v) is 9.37. The van der Waals surface area contributed by atoms with Crippen LogP contribution < -0.4 is 20.1 Å². The molecule has 5 nitrogen and oxygen atoms in total. The second kappa shape index (κ2) is 10.3. The Morgan fingerprint density at radius 3 is 2.66 bits per heavy atom. The van der Waals surface area contributed by atoms with Crippen molar-refractivity contribution in [2.24, 2.45) is 0 Å². The number of methoxy groups -OCH3 is 1. The van der Waals surface area contributed by atoms with Crippen LogP contribution in [0.15, 0.2) is 76.1 Å². The van der Waals surface area contributed by atoms with E-state index in [9.17, 15) is 4.79 Å². The van der Waals surface area contributed by atoms with Gasteiger partial charge < -0.3 is 20.1 Å². The highest BCUT2D eigenvalue weighted by Gasteiger charge is 2.28. The minimum atomic E-state index is -0.335. The third-order valence-electron chi connectivity index (χ3n) is 4.67. The van der Waals surface area contributed by atoms with E-state index in [0.717, 1.165) is 21.3 Å². The zero-order valence-electron chi connectivity index (χ0n) is 17.1. The van der Waals surface area contributed by atoms with Gasteiger partial charge in [0.15, 0.2) is 5.50 Å². The number of halogens is 2. The number of amides is 1. The predicted octanol–water partition coefficient (Wildman–Crippen LogP) is 6.29. The molecule has 3 aromatic carbocycles. The standard InChI is InChI=1S/C24H20BrClN2O3S/c1-30-21-10-8-17(26)13-19(21)27-24-28-23(29)22(32-24)12-16-7-9-20(18(25)11-16)31-14-15-5-3-2-4-6-15/h2-13,24,27H,14H2,1H3,(H,28,29)/b22-12-. The number of hydrogen-bond acceptors (Lipinski definition) is 5. The summed E-state index contributed by atoms with van der Waals surface area (Å²) in [5.41, 5.74) is 2.36. The number of nitrogens with one attached hydrogen (secondary N) is 2. The number of benzene rings is 3. The molecule has 4 rings (SSSR count). The summed E-state index contributed by atoms with van der Waals surface area (Å²) in [5.74, 6) is 1.25. The molecular weight excluding hydrogens is 512 g/mol. The van der Waals surface area contributed by atoms with Crippen molar-refractivity contribution < 1.29 is 14.3 Å². The predicted molar refractivity (Wildman–Crippen MR) is 134 cm³/mol. The maximum Gasteiger partial charge on any atom is 0.260 e. The Labute approximate surface area is 204 Å². The topological polar surface area (TPSA) is 59.6 Å². The Morgan fingerprint density at radius 2 is 1.91 bits per heavy atom. The van der Waals surface area contributed by atoms with E-state index in [1.54, 1.807) is 25.3 Å². The summed E-state index contributed by atoms with van der Waals surface area (Å²) in [4.78, 5) is 13.1. The molecule has 1 heterocycles. The van der Waals surface area contributed by atoms with Crippen LogP contribution in [0.2, 0.25) is 5.02 Å². The molecule has 1 unspecified atom stereocenters. The van der Waals surface area contributed by atoms with E-state index < -0.39 is 0 Å². The molecule has 164 valence electrons. The fourth-order valence-electron chi connectivity index (χ4n) is 3.11. The molecule has 0 saturated carbocycles. The van der Waals surface area contributed by atoms with Crippen molar-refractivity contribution in [1.82, 2.24) is 5.32 Å². The molecule has 32 heavy (non-hydrogen) atoms. The molecule has 0 radical (unpaired) electrons. The summed E-state index contributed by atoms with van der Waals surface area (Å²) in [6.07, 6.45) is 1.85. The highest BCUT2D eigenvalue weighted by molar-refractivity contribution is 9.10. The molecule has 1 fully saturated rings. The summed E-state index contributed by atoms with van der Waals surface area (Å²) < 4.78 is 12.1. The van der Waals surface area contributed by atoms with Crippen LogP contribution in [-0.2, 0) is 11.4 Å². The van der Waals surface area contributed by atoms with E-state index in [1.807, 2.05) is 54.6 Å². The van der Waals surface area contributed by atoms with Gasteiger partial charge in [-0.3, -0.25) is 4.79 Å². The van der Waals surface area contributed by atoms with Crippen molar-refractivity contribution in [3.05, 3.63) is 92.3 Å². The van der Waals surface area contributed by atoms with Gasteiger partial charge in [0.2, 0.25) is 0 Å². The summed E-state index contributed by atoms with van der Waals surface area (Å²) >= 11 is 11.1. The monoisotopic (exact) mass is 530 g/mol. The Morgan fingerprint density at radius 1 is 1.12 bits per heavy atom. The molecule has 2 N–H and O–H groups in total. The van der Waals surface area contributed by atoms with Crippen molar-refractivity contribution in [2.45, 2.75) is 12.1 Å². The largest absolute Gasteiger partial charge is 0.495 e. The lowest BCUT2D eigenvalue weighted by Crippen LogP contribution is -2.31. The fourth-order valence-corrected chi connectivity index (χ4v) is 4.77. The normalized spacial score (nSPS) is 16.7. The lowest BCUT2D eigenvalue weighted by Gasteiger charge is -2.15. The van der Waals surface area contributed by atoms with Crippen molar-refractivity contribution in [1.29, 1.82) is 0 Å². The summed E-state index contributed by atoms with van der Waals surface area (Å²) in [6.45, 7) is 0.485. The van der Waals surface area contributed by atoms with Gasteiger partial charge in [-0.25, -0.2) is 0 Å². The van der Waals surface area contributed by atoms with E-state index in [0.29, 0.717) is 28.0 Å². The smallest absolute Gasteiger partial charge is 0.260 e. The van der Waals surface area contributed by atoms with Gasteiger partial charge in [-0.2, -0.15) is 0 Å². The highest BCUT2D eigenvalue weighted by atomic mass is 79.9. The molecule has 0 aromatic heterocycles. The maximum atomic E-state index is 12.5. The zero-order valence-corrected chi connectivity index (χ0v) is 20.3. The molecule has 8 heteroatoms. The first-order valence-corrected chi connectivity index (χ1v) is 11.8. The number of hydrogen-bond donors (Lipinski definition) is 2. The number of carbonyl (C=O) groups is 1. The quantitative estimate of drug-likeness (QED) is 0.351. The van der Waals surface area contributed by atoms with Gasteiger partial charge in [0, 0.05) is 5.02 Å². The highest BCUT2D eigenvalue weighted by Crippen LogP contribution is 2.35. The Bertz CT molecular complexity index is 1160. The Balaban J connectivity index is 1.43. The minimum Gasteiger partial charge on any atom is -0.495 e. The molecule has 1 aliphatic rings. The lowest BCUT2D eigenvalue weighted by atomic mass is 10.2. The second-order valence-electron chi connectivity index (χ2n) is 6.93. The number of carbonyl (C=O) groups excluding carboxylic acids is 1. The number of rotatable bonds is 7. The zero-order chi connectivity index (χ0) is 22.5. The van der Waals surface area contributed by atoms with E-state index in [-0.39, 0.29) is 11.4 Å².